The smallest absolute Gasteiger partial charge is 0.108 e. The average Bonchev–Trinajstić information content (AvgIpc) is 2.05. The van der Waals surface area contributed by atoms with Gasteiger partial charge in [-0.2, -0.15) is 5.26 Å². The van der Waals surface area contributed by atoms with Gasteiger partial charge in [-0.05, 0) is 18.1 Å². The van der Waals surface area contributed by atoms with Crippen LogP contribution in [0.2, 0.25) is 0 Å². The zero-order valence-corrected chi connectivity index (χ0v) is 6.63. The topological polar surface area (TPSA) is 36.7 Å². The van der Waals surface area contributed by atoms with E-state index in [0.29, 0.717) is 11.5 Å². The van der Waals surface area contributed by atoms with Crippen LogP contribution in [0.4, 0.5) is 0 Å². The van der Waals surface area contributed by atoms with Gasteiger partial charge in [-0.3, -0.25) is 0 Å². The van der Waals surface area contributed by atoms with Gasteiger partial charge in [0.15, 0.2) is 0 Å². The Balaban J connectivity index is 2.94. The minimum atomic E-state index is 0.402. The van der Waals surface area contributed by atoms with E-state index in [1.165, 1.54) is 0 Å². The van der Waals surface area contributed by atoms with Gasteiger partial charge in [0, 0.05) is 5.69 Å². The van der Waals surface area contributed by atoms with Crippen molar-refractivity contribution in [2.24, 2.45) is 0 Å². The van der Waals surface area contributed by atoms with E-state index >= 15 is 0 Å². The van der Waals surface area contributed by atoms with Crippen LogP contribution in [0.3, 0.4) is 0 Å². The second-order valence-corrected chi connectivity index (χ2v) is 2.66. The molecule has 11 heavy (non-hydrogen) atoms. The monoisotopic (exact) mass is 145 g/mol. The second-order valence-electron chi connectivity index (χ2n) is 2.66. The van der Waals surface area contributed by atoms with Crippen LogP contribution in [0.25, 0.3) is 0 Å². The molecule has 55 valence electrons. The molecule has 0 saturated carbocycles. The van der Waals surface area contributed by atoms with Gasteiger partial charge < -0.3 is 0 Å². The van der Waals surface area contributed by atoms with Crippen LogP contribution < -0.4 is 0 Å². The Morgan fingerprint density at radius 3 is 2.64 bits per heavy atom. The fraction of sp³-hybridized carbons (Fsp3) is 0.333. The molecule has 2 heteroatoms. The highest BCUT2D eigenvalue weighted by Crippen LogP contribution is 2.09. The molecule has 0 saturated heterocycles. The Morgan fingerprint density at radius 2 is 2.27 bits per heavy atom. The van der Waals surface area contributed by atoms with E-state index in [4.69, 9.17) is 5.26 Å². The van der Waals surface area contributed by atoms with E-state index in [1.807, 2.05) is 12.1 Å². The molecule has 1 rings (SSSR count). The standard InChI is InChI=1S/C9H9N2/c1-7(2)9-4-3-8(5-10)6-11-9/h3-4,7H,1-2H3. The summed E-state index contributed by atoms with van der Waals surface area (Å²) < 4.78 is 0. The number of pyridine rings is 1. The molecule has 0 fully saturated rings. The molecule has 0 aliphatic rings. The van der Waals surface area contributed by atoms with Gasteiger partial charge in [0.05, 0.1) is 5.56 Å². The van der Waals surface area contributed by atoms with Crippen LogP contribution in [0.5, 0.6) is 0 Å². The number of nitrogens with zero attached hydrogens (tertiary/aromatic N) is 2. The van der Waals surface area contributed by atoms with E-state index in [0.717, 1.165) is 5.69 Å². The summed E-state index contributed by atoms with van der Waals surface area (Å²) in [7, 11) is 0. The lowest BCUT2D eigenvalue weighted by atomic mass is 10.1. The van der Waals surface area contributed by atoms with Crippen LogP contribution in [0, 0.1) is 17.5 Å². The lowest BCUT2D eigenvalue weighted by Gasteiger charge is -2.01. The van der Waals surface area contributed by atoms with Gasteiger partial charge in [0.25, 0.3) is 0 Å². The third-order valence-corrected chi connectivity index (χ3v) is 1.44. The number of rotatable bonds is 1. The van der Waals surface area contributed by atoms with Crippen molar-refractivity contribution < 1.29 is 0 Å². The third-order valence-electron chi connectivity index (χ3n) is 1.44. The Hall–Kier alpha value is -1.36. The molecule has 1 aromatic rings. The first kappa shape index (κ1) is 7.74. The van der Waals surface area contributed by atoms with Crippen molar-refractivity contribution in [1.29, 1.82) is 5.26 Å². The van der Waals surface area contributed by atoms with Gasteiger partial charge in [-0.1, -0.05) is 13.8 Å². The molecule has 0 spiro atoms. The quantitative estimate of drug-likeness (QED) is 0.605. The number of aromatic nitrogens is 1. The van der Waals surface area contributed by atoms with E-state index in [9.17, 15) is 0 Å². The van der Waals surface area contributed by atoms with Crippen LogP contribution in [-0.2, 0) is 0 Å². The Bertz CT molecular complexity index is 267. The van der Waals surface area contributed by atoms with Gasteiger partial charge in [-0.15, -0.1) is 0 Å². The van der Waals surface area contributed by atoms with Crippen molar-refractivity contribution in [3.63, 3.8) is 0 Å². The van der Waals surface area contributed by atoms with Crippen molar-refractivity contribution in [1.82, 2.24) is 4.98 Å². The molecule has 1 heterocycles. The summed E-state index contributed by atoms with van der Waals surface area (Å²) in [5, 5.41) is 8.45. The van der Waals surface area contributed by atoms with E-state index in [1.54, 1.807) is 6.07 Å². The van der Waals surface area contributed by atoms with Gasteiger partial charge in [0.1, 0.15) is 12.3 Å². The summed E-state index contributed by atoms with van der Waals surface area (Å²) in [5.41, 5.74) is 1.47. The molecule has 0 atom stereocenters. The zero-order valence-electron chi connectivity index (χ0n) is 6.63. The Morgan fingerprint density at radius 1 is 1.55 bits per heavy atom. The summed E-state index contributed by atoms with van der Waals surface area (Å²) in [5.74, 6) is 0.402. The number of nitriles is 1. The highest BCUT2D eigenvalue weighted by Gasteiger charge is 1.99. The maximum atomic E-state index is 8.45. The highest BCUT2D eigenvalue weighted by atomic mass is 14.7. The van der Waals surface area contributed by atoms with Crippen molar-refractivity contribution in [2.45, 2.75) is 19.8 Å². The minimum absolute atomic E-state index is 0.402. The zero-order chi connectivity index (χ0) is 8.27. The molecule has 2 nitrogen and oxygen atoms in total. The summed E-state index contributed by atoms with van der Waals surface area (Å²) >= 11 is 0. The highest BCUT2D eigenvalue weighted by molar-refractivity contribution is 5.25. The van der Waals surface area contributed by atoms with Crippen LogP contribution >= 0.6 is 0 Å². The molecule has 0 aliphatic carbocycles. The first-order valence-corrected chi connectivity index (χ1v) is 3.52. The van der Waals surface area contributed by atoms with Crippen molar-refractivity contribution in [3.8, 4) is 6.07 Å². The largest absolute Gasteiger partial charge is 0.249 e. The van der Waals surface area contributed by atoms with Crippen LogP contribution in [0.1, 0.15) is 31.0 Å². The van der Waals surface area contributed by atoms with Crippen molar-refractivity contribution in [3.05, 3.63) is 29.6 Å². The van der Waals surface area contributed by atoms with E-state index in [-0.39, 0.29) is 0 Å². The summed E-state index contributed by atoms with van der Waals surface area (Å²) in [4.78, 5) is 4.00. The van der Waals surface area contributed by atoms with Gasteiger partial charge >= 0.3 is 0 Å². The first-order chi connectivity index (χ1) is 5.24. The van der Waals surface area contributed by atoms with Gasteiger partial charge in [-0.25, -0.2) is 4.98 Å². The molecule has 0 amide bonds. The Labute approximate surface area is 66.5 Å². The third kappa shape index (κ3) is 1.78. The summed E-state index contributed by atoms with van der Waals surface area (Å²) in [6.45, 7) is 4.12. The molecule has 0 N–H and O–H groups in total. The predicted molar refractivity (Wildman–Crippen MR) is 41.9 cm³/mol. The lowest BCUT2D eigenvalue weighted by molar-refractivity contribution is 0.821. The molecule has 0 aromatic carbocycles. The van der Waals surface area contributed by atoms with Crippen LogP contribution in [-0.4, -0.2) is 4.98 Å². The van der Waals surface area contributed by atoms with E-state index in [2.05, 4.69) is 25.0 Å². The predicted octanol–water partition coefficient (Wildman–Crippen LogP) is 1.88. The van der Waals surface area contributed by atoms with Crippen LogP contribution in [0.15, 0.2) is 12.1 Å². The van der Waals surface area contributed by atoms with Crippen molar-refractivity contribution >= 4 is 0 Å². The molecular formula is C9H9N2. The molecule has 0 unspecified atom stereocenters. The van der Waals surface area contributed by atoms with Crippen molar-refractivity contribution in [2.75, 3.05) is 0 Å². The summed E-state index contributed by atoms with van der Waals surface area (Å²) in [6.07, 6.45) is 2.66. The first-order valence-electron chi connectivity index (χ1n) is 3.52. The van der Waals surface area contributed by atoms with Gasteiger partial charge in [0.2, 0.25) is 0 Å². The molecule has 1 radical (unpaired) electrons. The summed E-state index contributed by atoms with van der Waals surface area (Å²) in [6, 6.07) is 5.57. The molecule has 1 aromatic heterocycles. The lowest BCUT2D eigenvalue weighted by Crippen LogP contribution is -1.91. The second kappa shape index (κ2) is 3.16. The average molecular weight is 145 g/mol. The fourth-order valence-corrected chi connectivity index (χ4v) is 0.752. The molecule has 0 bridgehead atoms. The molecular weight excluding hydrogens is 136 g/mol. The fourth-order valence-electron chi connectivity index (χ4n) is 0.752. The number of hydrogen-bond donors (Lipinski definition) is 0. The maximum Gasteiger partial charge on any atom is 0.108 e. The maximum absolute atomic E-state index is 8.45. The minimum Gasteiger partial charge on any atom is -0.249 e. The molecule has 0 aliphatic heterocycles. The number of hydrogen-bond acceptors (Lipinski definition) is 2. The SMILES string of the molecule is CC(C)c1ccc(C#N)[c]n1. The Kier molecular flexibility index (Phi) is 2.22. The van der Waals surface area contributed by atoms with E-state index < -0.39 is 0 Å². The normalized spacial score (nSPS) is 9.64.